The van der Waals surface area contributed by atoms with Crippen molar-refractivity contribution in [1.82, 2.24) is 5.32 Å². The van der Waals surface area contributed by atoms with Crippen molar-refractivity contribution in [2.75, 3.05) is 6.61 Å². The van der Waals surface area contributed by atoms with E-state index in [1.807, 2.05) is 20.8 Å². The summed E-state index contributed by atoms with van der Waals surface area (Å²) in [5.74, 6) is 0.0154. The smallest absolute Gasteiger partial charge is 0.179 e. The Bertz CT molecular complexity index is 416. The van der Waals surface area contributed by atoms with Crippen molar-refractivity contribution in [1.29, 1.82) is 0 Å². The Labute approximate surface area is 113 Å². The average Bonchev–Trinajstić information content (AvgIpc) is 2.38. The first kappa shape index (κ1) is 15.2. The van der Waals surface area contributed by atoms with Gasteiger partial charge in [-0.15, -0.1) is 0 Å². The summed E-state index contributed by atoms with van der Waals surface area (Å²) in [6, 6.07) is 4.90. The van der Waals surface area contributed by atoms with E-state index >= 15 is 0 Å². The second kappa shape index (κ2) is 6.88. The Morgan fingerprint density at radius 3 is 2.67 bits per heavy atom. The predicted molar refractivity (Wildman–Crippen MR) is 74.3 cm³/mol. The topological polar surface area (TPSA) is 49.3 Å². The summed E-state index contributed by atoms with van der Waals surface area (Å²) in [5.41, 5.74) is 1.54. The lowest BCUT2D eigenvalue weighted by Gasteiger charge is -2.19. The zero-order chi connectivity index (χ0) is 13.7. The van der Waals surface area contributed by atoms with Crippen LogP contribution in [0, 0.1) is 6.92 Å². The molecule has 2 atom stereocenters. The molecule has 0 amide bonds. The van der Waals surface area contributed by atoms with Gasteiger partial charge in [0.05, 0.1) is 12.6 Å². The van der Waals surface area contributed by atoms with Crippen LogP contribution in [0.4, 0.5) is 0 Å². The molecule has 0 saturated heterocycles. The third-order valence-electron chi connectivity index (χ3n) is 3.03. The molecule has 0 bridgehead atoms. The highest BCUT2D eigenvalue weighted by Crippen LogP contribution is 2.17. The third-order valence-corrected chi connectivity index (χ3v) is 3.46. The van der Waals surface area contributed by atoms with Gasteiger partial charge in [0.25, 0.3) is 0 Å². The third kappa shape index (κ3) is 3.80. The number of halogens is 1. The highest BCUT2D eigenvalue weighted by atomic mass is 35.5. The largest absolute Gasteiger partial charge is 0.395 e. The quantitative estimate of drug-likeness (QED) is 0.781. The van der Waals surface area contributed by atoms with Crippen LogP contribution >= 0.6 is 11.6 Å². The van der Waals surface area contributed by atoms with E-state index in [-0.39, 0.29) is 24.5 Å². The summed E-state index contributed by atoms with van der Waals surface area (Å²) >= 11 is 5.93. The van der Waals surface area contributed by atoms with Crippen LogP contribution in [0.2, 0.25) is 5.02 Å². The lowest BCUT2D eigenvalue weighted by atomic mass is 10.0. The predicted octanol–water partition coefficient (Wildman–Crippen LogP) is 2.58. The molecule has 2 unspecified atom stereocenters. The van der Waals surface area contributed by atoms with E-state index in [0.717, 1.165) is 12.0 Å². The summed E-state index contributed by atoms with van der Waals surface area (Å²) in [5, 5.41) is 12.9. The summed E-state index contributed by atoms with van der Waals surface area (Å²) in [6.45, 7) is 5.69. The second-order valence-electron chi connectivity index (χ2n) is 4.50. The average molecular weight is 270 g/mol. The standard InChI is InChI=1S/C14H20ClNO2/c1-4-12(8-17)16-10(3)14(18)11-5-6-13(15)9(2)7-11/h5-7,10,12,16-17H,4,8H2,1-3H3. The fourth-order valence-corrected chi connectivity index (χ4v) is 1.89. The monoisotopic (exact) mass is 269 g/mol. The Morgan fingerprint density at radius 2 is 2.17 bits per heavy atom. The summed E-state index contributed by atoms with van der Waals surface area (Å²) < 4.78 is 0. The molecular weight excluding hydrogens is 250 g/mol. The van der Waals surface area contributed by atoms with Crippen molar-refractivity contribution < 1.29 is 9.90 Å². The molecule has 100 valence electrons. The minimum atomic E-state index is -0.317. The van der Waals surface area contributed by atoms with Crippen LogP contribution in [-0.2, 0) is 0 Å². The van der Waals surface area contributed by atoms with Crippen LogP contribution in [0.15, 0.2) is 18.2 Å². The lowest BCUT2D eigenvalue weighted by Crippen LogP contribution is -2.43. The van der Waals surface area contributed by atoms with Crippen molar-refractivity contribution in [3.8, 4) is 0 Å². The number of hydrogen-bond donors (Lipinski definition) is 2. The van der Waals surface area contributed by atoms with Crippen LogP contribution in [0.25, 0.3) is 0 Å². The van der Waals surface area contributed by atoms with E-state index in [1.54, 1.807) is 18.2 Å². The minimum Gasteiger partial charge on any atom is -0.395 e. The second-order valence-corrected chi connectivity index (χ2v) is 4.91. The normalized spacial score (nSPS) is 14.3. The van der Waals surface area contributed by atoms with E-state index in [9.17, 15) is 4.79 Å². The molecule has 18 heavy (non-hydrogen) atoms. The van der Waals surface area contributed by atoms with Crippen LogP contribution < -0.4 is 5.32 Å². The van der Waals surface area contributed by atoms with Gasteiger partial charge in [0.1, 0.15) is 0 Å². The Balaban J connectivity index is 2.76. The van der Waals surface area contributed by atoms with Gasteiger partial charge in [-0.05, 0) is 44.0 Å². The number of benzene rings is 1. The number of carbonyl (C=O) groups is 1. The molecule has 1 aromatic rings. The molecule has 1 aromatic carbocycles. The molecule has 0 aliphatic carbocycles. The maximum absolute atomic E-state index is 12.2. The molecule has 1 rings (SSSR count). The number of aliphatic hydroxyl groups is 1. The molecule has 0 aromatic heterocycles. The van der Waals surface area contributed by atoms with Gasteiger partial charge in [-0.1, -0.05) is 18.5 Å². The number of nitrogens with one attached hydrogen (secondary N) is 1. The number of rotatable bonds is 6. The molecule has 0 heterocycles. The van der Waals surface area contributed by atoms with Crippen LogP contribution in [0.5, 0.6) is 0 Å². The van der Waals surface area contributed by atoms with E-state index in [0.29, 0.717) is 10.6 Å². The Hall–Kier alpha value is -0.900. The van der Waals surface area contributed by atoms with Crippen molar-refractivity contribution in [2.45, 2.75) is 39.3 Å². The highest BCUT2D eigenvalue weighted by Gasteiger charge is 2.18. The molecule has 0 fully saturated rings. The zero-order valence-corrected chi connectivity index (χ0v) is 11.8. The zero-order valence-electron chi connectivity index (χ0n) is 11.0. The van der Waals surface area contributed by atoms with E-state index in [2.05, 4.69) is 5.32 Å². The number of aliphatic hydroxyl groups excluding tert-OH is 1. The summed E-state index contributed by atoms with van der Waals surface area (Å²) in [6.07, 6.45) is 0.785. The number of carbonyl (C=O) groups excluding carboxylic acids is 1. The van der Waals surface area contributed by atoms with Gasteiger partial charge in [-0.25, -0.2) is 0 Å². The minimum absolute atomic E-state index is 0.0154. The van der Waals surface area contributed by atoms with E-state index < -0.39 is 0 Å². The summed E-state index contributed by atoms with van der Waals surface area (Å²) in [4.78, 5) is 12.2. The molecular formula is C14H20ClNO2. The van der Waals surface area contributed by atoms with E-state index in [4.69, 9.17) is 16.7 Å². The van der Waals surface area contributed by atoms with Gasteiger partial charge in [-0.2, -0.15) is 0 Å². The van der Waals surface area contributed by atoms with Gasteiger partial charge in [0, 0.05) is 16.6 Å². The molecule has 0 saturated carbocycles. The number of Topliss-reactive ketones (excluding diaryl/α,β-unsaturated/α-hetero) is 1. The van der Waals surface area contributed by atoms with Gasteiger partial charge >= 0.3 is 0 Å². The van der Waals surface area contributed by atoms with Gasteiger partial charge in [0.15, 0.2) is 5.78 Å². The molecule has 3 nitrogen and oxygen atoms in total. The molecule has 4 heteroatoms. The van der Waals surface area contributed by atoms with Crippen LogP contribution in [0.3, 0.4) is 0 Å². The number of hydrogen-bond acceptors (Lipinski definition) is 3. The molecule has 0 radical (unpaired) electrons. The maximum atomic E-state index is 12.2. The summed E-state index contributed by atoms with van der Waals surface area (Å²) in [7, 11) is 0. The van der Waals surface area contributed by atoms with Crippen molar-refractivity contribution in [2.24, 2.45) is 0 Å². The van der Waals surface area contributed by atoms with Crippen molar-refractivity contribution in [3.63, 3.8) is 0 Å². The van der Waals surface area contributed by atoms with Gasteiger partial charge in [-0.3, -0.25) is 4.79 Å². The van der Waals surface area contributed by atoms with Crippen LogP contribution in [0.1, 0.15) is 36.2 Å². The maximum Gasteiger partial charge on any atom is 0.179 e. The SMILES string of the molecule is CCC(CO)NC(C)C(=O)c1ccc(Cl)c(C)c1. The van der Waals surface area contributed by atoms with Gasteiger partial charge in [0.2, 0.25) is 0 Å². The molecule has 0 aliphatic heterocycles. The van der Waals surface area contributed by atoms with Crippen molar-refractivity contribution >= 4 is 17.4 Å². The first-order chi connectivity index (χ1) is 8.49. The molecule has 0 aliphatic rings. The Morgan fingerprint density at radius 1 is 1.50 bits per heavy atom. The van der Waals surface area contributed by atoms with Crippen LogP contribution in [-0.4, -0.2) is 29.6 Å². The molecule has 2 N–H and O–H groups in total. The fourth-order valence-electron chi connectivity index (χ4n) is 1.78. The van der Waals surface area contributed by atoms with Crippen molar-refractivity contribution in [3.05, 3.63) is 34.3 Å². The number of ketones is 1. The number of aryl methyl sites for hydroxylation is 1. The highest BCUT2D eigenvalue weighted by molar-refractivity contribution is 6.31. The molecule has 0 spiro atoms. The fraction of sp³-hybridized carbons (Fsp3) is 0.500. The Kier molecular flexibility index (Phi) is 5.79. The first-order valence-electron chi connectivity index (χ1n) is 6.16. The lowest BCUT2D eigenvalue weighted by molar-refractivity contribution is 0.0935. The first-order valence-corrected chi connectivity index (χ1v) is 6.54. The van der Waals surface area contributed by atoms with Gasteiger partial charge < -0.3 is 10.4 Å². The van der Waals surface area contributed by atoms with E-state index in [1.165, 1.54) is 0 Å².